The fourth-order valence-electron chi connectivity index (χ4n) is 3.22. The van der Waals surface area contributed by atoms with Crippen molar-refractivity contribution in [3.63, 3.8) is 0 Å². The van der Waals surface area contributed by atoms with Gasteiger partial charge in [0, 0.05) is 49.7 Å². The zero-order chi connectivity index (χ0) is 14.1. The van der Waals surface area contributed by atoms with Crippen molar-refractivity contribution in [3.8, 4) is 5.75 Å². The first-order chi connectivity index (χ1) is 9.67. The molecule has 0 saturated carbocycles. The maximum atomic E-state index is 10.6. The average molecular weight is 341 g/mol. The third kappa shape index (κ3) is 2.86. The van der Waals surface area contributed by atoms with Gasteiger partial charge >= 0.3 is 0 Å². The molecule has 0 aromatic heterocycles. The van der Waals surface area contributed by atoms with Gasteiger partial charge < -0.3 is 9.84 Å². The van der Waals surface area contributed by atoms with E-state index in [-0.39, 0.29) is 12.1 Å². The molecule has 3 aliphatic rings. The zero-order valence-electron chi connectivity index (χ0n) is 11.8. The highest BCUT2D eigenvalue weighted by Crippen LogP contribution is 2.26. The monoisotopic (exact) mass is 340 g/mol. The lowest BCUT2D eigenvalue weighted by Gasteiger charge is -2.49. The van der Waals surface area contributed by atoms with Crippen molar-refractivity contribution in [1.82, 2.24) is 9.80 Å². The van der Waals surface area contributed by atoms with Crippen LogP contribution in [-0.2, 0) is 6.42 Å². The highest BCUT2D eigenvalue weighted by atomic mass is 79.9. The Labute approximate surface area is 128 Å². The fraction of sp³-hybridized carbons (Fsp3) is 0.600. The molecule has 0 spiro atoms. The van der Waals surface area contributed by atoms with Gasteiger partial charge in [-0.25, -0.2) is 0 Å². The van der Waals surface area contributed by atoms with E-state index in [1.54, 1.807) is 7.11 Å². The summed E-state index contributed by atoms with van der Waals surface area (Å²) in [4.78, 5) is 4.88. The molecule has 3 saturated heterocycles. The molecule has 3 aliphatic heterocycles. The second kappa shape index (κ2) is 6.02. The van der Waals surface area contributed by atoms with E-state index < -0.39 is 0 Å². The molecule has 1 aromatic carbocycles. The normalized spacial score (nSPS) is 30.2. The van der Waals surface area contributed by atoms with Crippen molar-refractivity contribution in [2.45, 2.75) is 18.6 Å². The van der Waals surface area contributed by atoms with E-state index >= 15 is 0 Å². The van der Waals surface area contributed by atoms with Gasteiger partial charge in [0.15, 0.2) is 0 Å². The van der Waals surface area contributed by atoms with Gasteiger partial charge in [-0.05, 0) is 23.8 Å². The number of fused-ring (bicyclic) bond motifs is 3. The number of piperazine rings is 3. The number of aliphatic hydroxyl groups excluding tert-OH is 1. The summed E-state index contributed by atoms with van der Waals surface area (Å²) in [7, 11) is 1.67. The molecule has 3 fully saturated rings. The Bertz CT molecular complexity index is 475. The highest BCUT2D eigenvalue weighted by Gasteiger charge is 2.36. The Hall–Kier alpha value is -0.620. The lowest BCUT2D eigenvalue weighted by molar-refractivity contribution is -0.0453. The minimum absolute atomic E-state index is 0.260. The topological polar surface area (TPSA) is 35.9 Å². The van der Waals surface area contributed by atoms with Gasteiger partial charge in [-0.15, -0.1) is 0 Å². The molecule has 20 heavy (non-hydrogen) atoms. The summed E-state index contributed by atoms with van der Waals surface area (Å²) in [5.74, 6) is 0.838. The maximum Gasteiger partial charge on any atom is 0.119 e. The zero-order valence-corrected chi connectivity index (χ0v) is 13.3. The summed E-state index contributed by atoms with van der Waals surface area (Å²) < 4.78 is 6.30. The van der Waals surface area contributed by atoms with Crippen LogP contribution in [0, 0.1) is 0 Å². The van der Waals surface area contributed by atoms with Gasteiger partial charge in [-0.1, -0.05) is 15.9 Å². The standard InChI is InChI=1S/C15H21BrN2O2/c1-20-12-2-3-13(16)11(8-12)9-15(19)14-10-17-4-6-18(14)7-5-17/h2-3,8,14-15,19H,4-7,9-10H2,1H3. The summed E-state index contributed by atoms with van der Waals surface area (Å²) in [5, 5.41) is 10.6. The van der Waals surface area contributed by atoms with Gasteiger partial charge in [0.25, 0.3) is 0 Å². The van der Waals surface area contributed by atoms with Crippen molar-refractivity contribution in [2.75, 3.05) is 39.8 Å². The SMILES string of the molecule is COc1ccc(Br)c(CC(O)C2CN3CCN2CC3)c1. The quantitative estimate of drug-likeness (QED) is 0.897. The number of hydrogen-bond acceptors (Lipinski definition) is 4. The molecule has 1 aromatic rings. The first-order valence-corrected chi connectivity index (χ1v) is 7.93. The predicted octanol–water partition coefficient (Wildman–Crippen LogP) is 1.36. The Balaban J connectivity index is 1.71. The van der Waals surface area contributed by atoms with E-state index in [9.17, 15) is 5.11 Å². The molecular weight excluding hydrogens is 320 g/mol. The van der Waals surface area contributed by atoms with Crippen LogP contribution >= 0.6 is 15.9 Å². The van der Waals surface area contributed by atoms with E-state index in [0.717, 1.165) is 48.5 Å². The summed E-state index contributed by atoms with van der Waals surface area (Å²) >= 11 is 3.56. The van der Waals surface area contributed by atoms with Crippen LogP contribution in [0.25, 0.3) is 0 Å². The Kier molecular flexibility index (Phi) is 4.31. The molecule has 2 atom stereocenters. The van der Waals surface area contributed by atoms with Crippen LogP contribution in [0.15, 0.2) is 22.7 Å². The van der Waals surface area contributed by atoms with Crippen LogP contribution in [0.4, 0.5) is 0 Å². The first kappa shape index (κ1) is 14.3. The van der Waals surface area contributed by atoms with E-state index in [4.69, 9.17) is 4.74 Å². The molecule has 2 bridgehead atoms. The number of halogens is 1. The Morgan fingerprint density at radius 2 is 2.10 bits per heavy atom. The molecular formula is C15H21BrN2O2. The van der Waals surface area contributed by atoms with Crippen LogP contribution in [0.1, 0.15) is 5.56 Å². The van der Waals surface area contributed by atoms with Crippen molar-refractivity contribution < 1.29 is 9.84 Å². The predicted molar refractivity (Wildman–Crippen MR) is 82.2 cm³/mol. The van der Waals surface area contributed by atoms with Gasteiger partial charge in [0.1, 0.15) is 5.75 Å². The number of ether oxygens (including phenoxy) is 1. The average Bonchev–Trinajstić information content (AvgIpc) is 2.50. The third-order valence-electron chi connectivity index (χ3n) is 4.45. The molecule has 0 aliphatic carbocycles. The number of nitrogens with zero attached hydrogens (tertiary/aromatic N) is 2. The second-order valence-electron chi connectivity index (χ2n) is 5.63. The van der Waals surface area contributed by atoms with Gasteiger partial charge in [-0.3, -0.25) is 9.80 Å². The molecule has 0 amide bonds. The summed E-state index contributed by atoms with van der Waals surface area (Å²) in [5.41, 5.74) is 1.11. The van der Waals surface area contributed by atoms with E-state index in [1.807, 2.05) is 18.2 Å². The van der Waals surface area contributed by atoms with E-state index in [2.05, 4.69) is 25.7 Å². The molecule has 2 unspecified atom stereocenters. The molecule has 5 heteroatoms. The number of benzene rings is 1. The maximum absolute atomic E-state index is 10.6. The second-order valence-corrected chi connectivity index (χ2v) is 6.49. The van der Waals surface area contributed by atoms with Crippen LogP contribution in [0.2, 0.25) is 0 Å². The number of rotatable bonds is 4. The summed E-state index contributed by atoms with van der Waals surface area (Å²) in [6, 6.07) is 6.18. The van der Waals surface area contributed by atoms with Crippen molar-refractivity contribution in [2.24, 2.45) is 0 Å². The molecule has 4 nitrogen and oxygen atoms in total. The number of aliphatic hydroxyl groups is 1. The highest BCUT2D eigenvalue weighted by molar-refractivity contribution is 9.10. The molecule has 0 radical (unpaired) electrons. The lowest BCUT2D eigenvalue weighted by Crippen LogP contribution is -2.64. The van der Waals surface area contributed by atoms with E-state index in [0.29, 0.717) is 6.42 Å². The fourth-order valence-corrected chi connectivity index (χ4v) is 3.63. The van der Waals surface area contributed by atoms with Gasteiger partial charge in [0.05, 0.1) is 13.2 Å². The van der Waals surface area contributed by atoms with Crippen molar-refractivity contribution in [1.29, 1.82) is 0 Å². The van der Waals surface area contributed by atoms with Crippen LogP contribution in [0.3, 0.4) is 0 Å². The van der Waals surface area contributed by atoms with Gasteiger partial charge in [-0.2, -0.15) is 0 Å². The van der Waals surface area contributed by atoms with Crippen LogP contribution in [0.5, 0.6) is 5.75 Å². The van der Waals surface area contributed by atoms with Crippen LogP contribution in [-0.4, -0.2) is 66.9 Å². The molecule has 4 rings (SSSR count). The van der Waals surface area contributed by atoms with E-state index in [1.165, 1.54) is 0 Å². The third-order valence-corrected chi connectivity index (χ3v) is 5.22. The Morgan fingerprint density at radius 3 is 2.70 bits per heavy atom. The van der Waals surface area contributed by atoms with Crippen LogP contribution < -0.4 is 4.74 Å². The largest absolute Gasteiger partial charge is 0.497 e. The van der Waals surface area contributed by atoms with Crippen molar-refractivity contribution in [3.05, 3.63) is 28.2 Å². The van der Waals surface area contributed by atoms with Gasteiger partial charge in [0.2, 0.25) is 0 Å². The molecule has 1 N–H and O–H groups in total. The number of methoxy groups -OCH3 is 1. The molecule has 110 valence electrons. The molecule has 3 heterocycles. The first-order valence-electron chi connectivity index (χ1n) is 7.14. The van der Waals surface area contributed by atoms with Crippen molar-refractivity contribution >= 4 is 15.9 Å². The lowest BCUT2D eigenvalue weighted by atomic mass is 9.96. The summed E-state index contributed by atoms with van der Waals surface area (Å²) in [6.07, 6.45) is 0.328. The Morgan fingerprint density at radius 1 is 1.35 bits per heavy atom. The smallest absolute Gasteiger partial charge is 0.119 e. The number of hydrogen-bond donors (Lipinski definition) is 1. The minimum Gasteiger partial charge on any atom is -0.497 e. The minimum atomic E-state index is -0.332. The summed E-state index contributed by atoms with van der Waals surface area (Å²) in [6.45, 7) is 5.45.